The van der Waals surface area contributed by atoms with Gasteiger partial charge in [-0.2, -0.15) is 18.3 Å². The van der Waals surface area contributed by atoms with Crippen LogP contribution in [0.5, 0.6) is 0 Å². The number of hydrogen-bond donors (Lipinski definition) is 1. The van der Waals surface area contributed by atoms with Gasteiger partial charge in [0.2, 0.25) is 6.41 Å². The third-order valence-corrected chi connectivity index (χ3v) is 6.25. The lowest BCUT2D eigenvalue weighted by Crippen LogP contribution is -2.39. The highest BCUT2D eigenvalue weighted by atomic mass is 19.4. The van der Waals surface area contributed by atoms with E-state index < -0.39 is 17.9 Å². The second kappa shape index (κ2) is 12.5. The van der Waals surface area contributed by atoms with Crippen molar-refractivity contribution in [3.8, 4) is 22.3 Å². The Balaban J connectivity index is 0.000000336. The predicted molar refractivity (Wildman–Crippen MR) is 145 cm³/mol. The molecule has 0 radical (unpaired) electrons. The Kier molecular flexibility index (Phi) is 9.40. The summed E-state index contributed by atoms with van der Waals surface area (Å²) in [5.41, 5.74) is 3.64. The topological polar surface area (TPSA) is 118 Å². The minimum atomic E-state index is -4.19. The molecule has 2 aromatic heterocycles. The fourth-order valence-electron chi connectivity index (χ4n) is 3.87. The fraction of sp³-hybridized carbons (Fsp3) is 0.333. The van der Waals surface area contributed by atoms with Crippen LogP contribution in [0, 0.1) is 0 Å². The zero-order chi connectivity index (χ0) is 29.6. The minimum absolute atomic E-state index is 0.0220. The van der Waals surface area contributed by atoms with Gasteiger partial charge in [-0.05, 0) is 36.5 Å². The Morgan fingerprint density at radius 2 is 1.80 bits per heavy atom. The van der Waals surface area contributed by atoms with Crippen LogP contribution in [0.3, 0.4) is 0 Å². The van der Waals surface area contributed by atoms with Gasteiger partial charge >= 0.3 is 11.9 Å². The molecule has 0 spiro atoms. The lowest BCUT2D eigenvalue weighted by Gasteiger charge is -2.17. The Labute approximate surface area is 227 Å². The van der Waals surface area contributed by atoms with Crippen molar-refractivity contribution in [3.05, 3.63) is 80.2 Å². The van der Waals surface area contributed by atoms with E-state index in [1.807, 2.05) is 24.3 Å². The molecule has 0 saturated carbocycles. The molecule has 1 aliphatic heterocycles. The Morgan fingerprint density at radius 3 is 2.30 bits per heavy atom. The highest BCUT2D eigenvalue weighted by molar-refractivity contribution is 5.81. The first kappa shape index (κ1) is 30.0. The summed E-state index contributed by atoms with van der Waals surface area (Å²) in [5, 5.41) is 5.46. The molecule has 0 bridgehead atoms. The van der Waals surface area contributed by atoms with Gasteiger partial charge in [0.05, 0.1) is 5.56 Å². The van der Waals surface area contributed by atoms with E-state index in [9.17, 15) is 27.6 Å². The molecule has 10 nitrogen and oxygen atoms in total. The van der Waals surface area contributed by atoms with Gasteiger partial charge in [0.1, 0.15) is 6.04 Å². The van der Waals surface area contributed by atoms with Crippen molar-refractivity contribution < 1.29 is 18.0 Å². The largest absolute Gasteiger partial charge is 0.411 e. The Morgan fingerprint density at radius 1 is 1.12 bits per heavy atom. The number of aryl methyl sites for hydroxylation is 1. The van der Waals surface area contributed by atoms with Crippen LogP contribution in [0.1, 0.15) is 25.8 Å². The lowest BCUT2D eigenvalue weighted by atomic mass is 9.97. The van der Waals surface area contributed by atoms with Crippen LogP contribution in [0.4, 0.5) is 13.2 Å². The first-order valence-corrected chi connectivity index (χ1v) is 12.3. The number of H-pyrrole nitrogens is 1. The summed E-state index contributed by atoms with van der Waals surface area (Å²) in [4.78, 5) is 45.6. The van der Waals surface area contributed by atoms with Crippen LogP contribution in [0.2, 0.25) is 0 Å². The average Bonchev–Trinajstić information content (AvgIpc) is 2.94. The summed E-state index contributed by atoms with van der Waals surface area (Å²) in [5.74, 6) is 0. The second-order valence-electron chi connectivity index (χ2n) is 9.08. The summed E-state index contributed by atoms with van der Waals surface area (Å²) in [6.07, 6.45) is 2.91. The van der Waals surface area contributed by atoms with Crippen LogP contribution in [-0.2, 0) is 25.3 Å². The van der Waals surface area contributed by atoms with Crippen molar-refractivity contribution in [3.63, 3.8) is 0 Å². The van der Waals surface area contributed by atoms with Crippen LogP contribution < -0.4 is 16.7 Å². The number of allylic oxidation sites excluding steroid dienone is 1. The normalized spacial score (nSPS) is 15.2. The maximum Gasteiger partial charge on any atom is 0.411 e. The van der Waals surface area contributed by atoms with E-state index in [1.165, 1.54) is 30.3 Å². The van der Waals surface area contributed by atoms with Crippen molar-refractivity contribution >= 4 is 12.6 Å². The molecular formula is C27H30F3N7O3. The van der Waals surface area contributed by atoms with E-state index in [0.717, 1.165) is 22.6 Å². The number of aromatic nitrogens is 4. The van der Waals surface area contributed by atoms with Crippen LogP contribution in [-0.4, -0.2) is 56.2 Å². The number of nitrogens with one attached hydrogen (secondary N) is 1. The number of benzene rings is 1. The molecule has 4 rings (SSSR count). The van der Waals surface area contributed by atoms with E-state index in [0.29, 0.717) is 34.2 Å². The SMILES string of the molecule is CC1=CCC(C(F)(F)F)N=C1.CCc1ccc(-c2c(-c3cnc(=O)[nH]c3)/c(=N/N(C)C=O)n(C)n(C)c2=O)cc1. The first-order chi connectivity index (χ1) is 18.9. The molecule has 1 aromatic carbocycles. The van der Waals surface area contributed by atoms with E-state index in [2.05, 4.69) is 27.0 Å². The number of dihydropyridines is 1. The van der Waals surface area contributed by atoms with Crippen molar-refractivity contribution in [1.82, 2.24) is 24.3 Å². The maximum absolute atomic E-state index is 13.2. The smallest absolute Gasteiger partial charge is 0.312 e. The average molecular weight is 558 g/mol. The number of nitrogens with zero attached hydrogens (tertiary/aromatic N) is 6. The zero-order valence-corrected chi connectivity index (χ0v) is 22.7. The van der Waals surface area contributed by atoms with Crippen molar-refractivity contribution in [2.24, 2.45) is 24.2 Å². The minimum Gasteiger partial charge on any atom is -0.312 e. The Hall–Kier alpha value is -4.55. The summed E-state index contributed by atoms with van der Waals surface area (Å²) in [6, 6.07) is 6.17. The van der Waals surface area contributed by atoms with E-state index in [-0.39, 0.29) is 12.0 Å². The van der Waals surface area contributed by atoms with E-state index in [1.54, 1.807) is 31.8 Å². The van der Waals surface area contributed by atoms with Gasteiger partial charge in [0.25, 0.3) is 5.56 Å². The van der Waals surface area contributed by atoms with Gasteiger partial charge < -0.3 is 4.98 Å². The quantitative estimate of drug-likeness (QED) is 0.383. The molecule has 212 valence electrons. The number of carbonyl (C=O) groups is 1. The predicted octanol–water partition coefficient (Wildman–Crippen LogP) is 2.95. The number of alkyl halides is 3. The number of aliphatic imine (C=N–C) groups is 1. The van der Waals surface area contributed by atoms with Gasteiger partial charge in [0.15, 0.2) is 5.49 Å². The highest BCUT2D eigenvalue weighted by Gasteiger charge is 2.39. The molecule has 0 aliphatic carbocycles. The third-order valence-electron chi connectivity index (χ3n) is 6.25. The number of rotatable bonds is 5. The molecule has 0 saturated heterocycles. The van der Waals surface area contributed by atoms with Gasteiger partial charge in [-0.1, -0.05) is 37.3 Å². The molecular weight excluding hydrogens is 527 g/mol. The van der Waals surface area contributed by atoms with Crippen molar-refractivity contribution in [1.29, 1.82) is 0 Å². The fourth-order valence-corrected chi connectivity index (χ4v) is 3.87. The van der Waals surface area contributed by atoms with Crippen LogP contribution in [0.15, 0.2) is 68.0 Å². The van der Waals surface area contributed by atoms with Gasteiger partial charge in [-0.15, -0.1) is 0 Å². The van der Waals surface area contributed by atoms with Crippen LogP contribution >= 0.6 is 0 Å². The van der Waals surface area contributed by atoms with Crippen molar-refractivity contribution in [2.45, 2.75) is 38.9 Å². The summed E-state index contributed by atoms with van der Waals surface area (Å²) in [6.45, 7) is 3.79. The molecule has 1 N–H and O–H groups in total. The molecule has 1 amide bonds. The first-order valence-electron chi connectivity index (χ1n) is 12.3. The standard InChI is InChI=1S/C20H22N6O3.C7H8F3N/c1-5-13-6-8-14(9-7-13)17-16(15-10-21-20(29)22-11-15)18(23-24(2)12-27)25(3)26(4)19(17)28;1-5-2-3-6(11-4-5)7(8,9)10/h6-12H,5H2,1-4H3,(H,21,22,29);2,4,6H,3H2,1H3/b23-18-;. The molecule has 1 aliphatic rings. The van der Waals surface area contributed by atoms with Gasteiger partial charge in [-0.25, -0.2) is 14.8 Å². The summed E-state index contributed by atoms with van der Waals surface area (Å²) < 4.78 is 38.7. The second-order valence-corrected chi connectivity index (χ2v) is 9.08. The third kappa shape index (κ3) is 6.90. The number of hydrogen-bond acceptors (Lipinski definition) is 6. The van der Waals surface area contributed by atoms with E-state index >= 15 is 0 Å². The lowest BCUT2D eigenvalue weighted by molar-refractivity contribution is -0.146. The molecule has 3 aromatic rings. The molecule has 3 heterocycles. The number of amides is 1. The summed E-state index contributed by atoms with van der Waals surface area (Å²) in [7, 11) is 4.80. The van der Waals surface area contributed by atoms with Crippen molar-refractivity contribution in [2.75, 3.05) is 7.05 Å². The number of carbonyl (C=O) groups excluding carboxylic acids is 1. The maximum atomic E-state index is 13.2. The molecule has 40 heavy (non-hydrogen) atoms. The molecule has 13 heteroatoms. The van der Waals surface area contributed by atoms with Crippen LogP contribution in [0.25, 0.3) is 22.3 Å². The Bertz CT molecular complexity index is 1590. The van der Waals surface area contributed by atoms with Gasteiger partial charge in [0, 0.05) is 50.9 Å². The zero-order valence-electron chi connectivity index (χ0n) is 22.7. The number of aromatic amines is 1. The van der Waals surface area contributed by atoms with Gasteiger partial charge in [-0.3, -0.25) is 23.9 Å². The highest BCUT2D eigenvalue weighted by Crippen LogP contribution is 2.28. The summed E-state index contributed by atoms with van der Waals surface area (Å²) >= 11 is 0. The monoisotopic (exact) mass is 557 g/mol. The molecule has 1 unspecified atom stereocenters. The number of halogens is 3. The molecule has 0 fully saturated rings. The molecule has 1 atom stereocenters. The van der Waals surface area contributed by atoms with E-state index in [4.69, 9.17) is 0 Å².